The van der Waals surface area contributed by atoms with Crippen molar-refractivity contribution in [1.82, 2.24) is 14.7 Å². The van der Waals surface area contributed by atoms with Gasteiger partial charge in [-0.3, -0.25) is 9.59 Å². The van der Waals surface area contributed by atoms with Crippen LogP contribution in [-0.4, -0.2) is 38.3 Å². The van der Waals surface area contributed by atoms with E-state index in [1.165, 1.54) is 43.4 Å². The van der Waals surface area contributed by atoms with Gasteiger partial charge in [-0.15, -0.1) is 0 Å². The molecule has 1 amide bonds. The van der Waals surface area contributed by atoms with Gasteiger partial charge >= 0.3 is 0 Å². The van der Waals surface area contributed by atoms with Gasteiger partial charge in [0.05, 0.1) is 12.6 Å². The molecule has 0 saturated heterocycles. The molecule has 1 fully saturated rings. The first kappa shape index (κ1) is 16.3. The smallest absolute Gasteiger partial charge is 0.274 e. The lowest BCUT2D eigenvalue weighted by molar-refractivity contribution is 0.0595. The Kier molecular flexibility index (Phi) is 4.44. The largest absolute Gasteiger partial charge is 0.387 e. The normalized spacial score (nSPS) is 15.1. The van der Waals surface area contributed by atoms with Crippen LogP contribution in [0.25, 0.3) is 0 Å². The lowest BCUT2D eigenvalue weighted by atomic mass is 10.1. The van der Waals surface area contributed by atoms with Crippen molar-refractivity contribution in [3.05, 3.63) is 63.8 Å². The molecular weight excluding hydrogens is 313 g/mol. The first-order valence-corrected chi connectivity index (χ1v) is 7.74. The highest BCUT2D eigenvalue weighted by atomic mass is 19.1. The van der Waals surface area contributed by atoms with Crippen LogP contribution in [0.1, 0.15) is 35.0 Å². The molecule has 1 aliphatic carbocycles. The van der Waals surface area contributed by atoms with Crippen molar-refractivity contribution in [2.24, 2.45) is 7.05 Å². The van der Waals surface area contributed by atoms with Gasteiger partial charge in [0.1, 0.15) is 11.5 Å². The zero-order valence-electron chi connectivity index (χ0n) is 13.2. The Bertz CT molecular complexity index is 799. The number of aliphatic hydroxyl groups is 1. The number of aliphatic hydroxyl groups excluding tert-OH is 1. The number of hydrogen-bond acceptors (Lipinski definition) is 4. The van der Waals surface area contributed by atoms with E-state index < -0.39 is 6.10 Å². The maximum Gasteiger partial charge on any atom is 0.274 e. The van der Waals surface area contributed by atoms with E-state index in [9.17, 15) is 19.1 Å². The summed E-state index contributed by atoms with van der Waals surface area (Å²) in [6, 6.07) is 8.30. The zero-order chi connectivity index (χ0) is 17.3. The second-order valence-corrected chi connectivity index (χ2v) is 5.94. The van der Waals surface area contributed by atoms with Crippen LogP contribution in [0.3, 0.4) is 0 Å². The average molecular weight is 331 g/mol. The standard InChI is InChI=1S/C17H18FN3O3/c1-20-16(23)9-8-14(19-20)17(24)21(13-6-7-13)10-15(22)11-2-4-12(18)5-3-11/h2-5,8-9,13,15,22H,6-7,10H2,1H3. The molecule has 1 saturated carbocycles. The number of carbonyl (C=O) groups excluding carboxylic acids is 1. The molecule has 1 aliphatic rings. The number of nitrogens with zero attached hydrogens (tertiary/aromatic N) is 3. The summed E-state index contributed by atoms with van der Waals surface area (Å²) in [5, 5.41) is 14.3. The van der Waals surface area contributed by atoms with E-state index in [2.05, 4.69) is 5.10 Å². The Hall–Kier alpha value is -2.54. The Balaban J connectivity index is 1.79. The molecule has 1 atom stereocenters. The quantitative estimate of drug-likeness (QED) is 0.895. The molecule has 0 aliphatic heterocycles. The Morgan fingerprint density at radius 1 is 1.33 bits per heavy atom. The van der Waals surface area contributed by atoms with Gasteiger partial charge in [0.15, 0.2) is 0 Å². The van der Waals surface area contributed by atoms with Crippen LogP contribution >= 0.6 is 0 Å². The molecule has 0 bridgehead atoms. The lowest BCUT2D eigenvalue weighted by Crippen LogP contribution is -2.38. The molecule has 24 heavy (non-hydrogen) atoms. The van der Waals surface area contributed by atoms with Gasteiger partial charge in [0.2, 0.25) is 0 Å². The molecule has 2 aromatic rings. The Morgan fingerprint density at radius 3 is 2.58 bits per heavy atom. The molecule has 6 nitrogen and oxygen atoms in total. The highest BCUT2D eigenvalue weighted by Gasteiger charge is 2.35. The summed E-state index contributed by atoms with van der Waals surface area (Å²) in [4.78, 5) is 25.7. The van der Waals surface area contributed by atoms with Crippen molar-refractivity contribution in [3.63, 3.8) is 0 Å². The summed E-state index contributed by atoms with van der Waals surface area (Å²) >= 11 is 0. The van der Waals surface area contributed by atoms with Gasteiger partial charge in [0.25, 0.3) is 11.5 Å². The van der Waals surface area contributed by atoms with E-state index in [1.54, 1.807) is 4.90 Å². The summed E-state index contributed by atoms with van der Waals surface area (Å²) < 4.78 is 14.1. The van der Waals surface area contributed by atoms with Crippen LogP contribution in [0.5, 0.6) is 0 Å². The molecule has 1 aromatic carbocycles. The maximum absolute atomic E-state index is 13.0. The molecule has 0 spiro atoms. The Morgan fingerprint density at radius 2 is 2.00 bits per heavy atom. The van der Waals surface area contributed by atoms with Crippen molar-refractivity contribution in [2.75, 3.05) is 6.54 Å². The third kappa shape index (κ3) is 3.51. The van der Waals surface area contributed by atoms with E-state index in [0.29, 0.717) is 5.56 Å². The average Bonchev–Trinajstić information content (AvgIpc) is 3.40. The number of amides is 1. The summed E-state index contributed by atoms with van der Waals surface area (Å²) in [5.41, 5.74) is 0.412. The third-order valence-electron chi connectivity index (χ3n) is 4.05. The van der Waals surface area contributed by atoms with E-state index >= 15 is 0 Å². The van der Waals surface area contributed by atoms with Crippen LogP contribution in [0.15, 0.2) is 41.2 Å². The fourth-order valence-electron chi connectivity index (χ4n) is 2.52. The molecule has 1 aromatic heterocycles. The highest BCUT2D eigenvalue weighted by Crippen LogP contribution is 2.30. The predicted molar refractivity (Wildman–Crippen MR) is 84.9 cm³/mol. The van der Waals surface area contributed by atoms with Gasteiger partial charge in [-0.25, -0.2) is 9.07 Å². The molecule has 7 heteroatoms. The van der Waals surface area contributed by atoms with Gasteiger partial charge in [0, 0.05) is 19.2 Å². The van der Waals surface area contributed by atoms with Crippen molar-refractivity contribution >= 4 is 5.91 Å². The molecule has 3 rings (SSSR count). The number of hydrogen-bond donors (Lipinski definition) is 1. The minimum Gasteiger partial charge on any atom is -0.387 e. The monoisotopic (exact) mass is 331 g/mol. The molecule has 1 unspecified atom stereocenters. The van der Waals surface area contributed by atoms with Gasteiger partial charge in [-0.2, -0.15) is 5.10 Å². The molecular formula is C17H18FN3O3. The van der Waals surface area contributed by atoms with Gasteiger partial charge in [-0.05, 0) is 36.6 Å². The van der Waals surface area contributed by atoms with Crippen LogP contribution < -0.4 is 5.56 Å². The minimum atomic E-state index is -0.914. The maximum atomic E-state index is 13.0. The lowest BCUT2D eigenvalue weighted by Gasteiger charge is -2.25. The predicted octanol–water partition coefficient (Wildman–Crippen LogP) is 1.26. The first-order valence-electron chi connectivity index (χ1n) is 7.74. The van der Waals surface area contributed by atoms with E-state index in [0.717, 1.165) is 17.5 Å². The third-order valence-corrected chi connectivity index (χ3v) is 4.05. The van der Waals surface area contributed by atoms with E-state index in [-0.39, 0.29) is 35.6 Å². The molecule has 1 N–H and O–H groups in total. The number of aryl methyl sites for hydroxylation is 1. The summed E-state index contributed by atoms with van der Waals surface area (Å²) in [5.74, 6) is -0.704. The molecule has 126 valence electrons. The van der Waals surface area contributed by atoms with Crippen LogP contribution in [0.4, 0.5) is 4.39 Å². The second-order valence-electron chi connectivity index (χ2n) is 5.94. The van der Waals surface area contributed by atoms with Crippen LogP contribution in [0, 0.1) is 5.82 Å². The zero-order valence-corrected chi connectivity index (χ0v) is 13.2. The highest BCUT2D eigenvalue weighted by molar-refractivity contribution is 5.92. The minimum absolute atomic E-state index is 0.0617. The summed E-state index contributed by atoms with van der Waals surface area (Å²) in [6.45, 7) is 0.0969. The van der Waals surface area contributed by atoms with E-state index in [1.807, 2.05) is 0 Å². The second kappa shape index (κ2) is 6.52. The molecule has 0 radical (unpaired) electrons. The van der Waals surface area contributed by atoms with E-state index in [4.69, 9.17) is 0 Å². The van der Waals surface area contributed by atoms with Crippen LogP contribution in [0.2, 0.25) is 0 Å². The van der Waals surface area contributed by atoms with Crippen molar-refractivity contribution in [3.8, 4) is 0 Å². The van der Waals surface area contributed by atoms with Crippen LogP contribution in [-0.2, 0) is 7.05 Å². The van der Waals surface area contributed by atoms with Gasteiger partial charge < -0.3 is 10.0 Å². The Labute approximate surface area is 138 Å². The SMILES string of the molecule is Cn1nc(C(=O)N(CC(O)c2ccc(F)cc2)C2CC2)ccc1=O. The van der Waals surface area contributed by atoms with Gasteiger partial charge in [-0.1, -0.05) is 12.1 Å². The number of benzene rings is 1. The van der Waals surface area contributed by atoms with Crippen molar-refractivity contribution < 1.29 is 14.3 Å². The fourth-order valence-corrected chi connectivity index (χ4v) is 2.52. The fraction of sp³-hybridized carbons (Fsp3) is 0.353. The first-order chi connectivity index (χ1) is 11.5. The number of halogens is 1. The number of rotatable bonds is 5. The number of aromatic nitrogens is 2. The molecule has 1 heterocycles. The number of carbonyl (C=O) groups is 1. The topological polar surface area (TPSA) is 75.4 Å². The van der Waals surface area contributed by atoms with Crippen molar-refractivity contribution in [2.45, 2.75) is 25.0 Å². The van der Waals surface area contributed by atoms with Crippen molar-refractivity contribution in [1.29, 1.82) is 0 Å². The summed E-state index contributed by atoms with van der Waals surface area (Å²) in [6.07, 6.45) is 0.823. The summed E-state index contributed by atoms with van der Waals surface area (Å²) in [7, 11) is 1.48.